The van der Waals surface area contributed by atoms with Crippen LogP contribution in [0.5, 0.6) is 0 Å². The third-order valence-electron chi connectivity index (χ3n) is 5.34. The van der Waals surface area contributed by atoms with Crippen LogP contribution in [0.3, 0.4) is 0 Å². The third kappa shape index (κ3) is 3.43. The van der Waals surface area contributed by atoms with Gasteiger partial charge in [0.1, 0.15) is 5.82 Å². The van der Waals surface area contributed by atoms with E-state index in [0.717, 1.165) is 36.9 Å². The van der Waals surface area contributed by atoms with Gasteiger partial charge in [0.25, 0.3) is 5.56 Å². The summed E-state index contributed by atoms with van der Waals surface area (Å²) in [7, 11) is 0. The lowest BCUT2D eigenvalue weighted by atomic mass is 9.88. The van der Waals surface area contributed by atoms with Crippen LogP contribution in [0.1, 0.15) is 61.5 Å². The van der Waals surface area contributed by atoms with Crippen molar-refractivity contribution in [1.29, 1.82) is 0 Å². The molecule has 7 heteroatoms. The fourth-order valence-corrected chi connectivity index (χ4v) is 3.60. The molecule has 0 aromatic carbocycles. The first-order valence-corrected chi connectivity index (χ1v) is 9.39. The molecule has 1 fully saturated rings. The third-order valence-corrected chi connectivity index (χ3v) is 5.34. The topological polar surface area (TPSA) is 92.7 Å². The minimum absolute atomic E-state index is 0.0261. The number of aromatic nitrogens is 4. The number of hydrogen-bond donors (Lipinski definition) is 2. The Hall–Kier alpha value is -2.44. The molecule has 0 spiro atoms. The number of aryl methyl sites for hydroxylation is 2. The Bertz CT molecular complexity index is 875. The summed E-state index contributed by atoms with van der Waals surface area (Å²) in [6.07, 6.45) is 5.88. The van der Waals surface area contributed by atoms with E-state index >= 15 is 0 Å². The van der Waals surface area contributed by atoms with E-state index in [4.69, 9.17) is 0 Å². The minimum Gasteiger partial charge on any atom is -0.310 e. The second kappa shape index (κ2) is 7.43. The van der Waals surface area contributed by atoms with E-state index in [1.807, 2.05) is 27.7 Å². The number of aromatic amines is 1. The smallest absolute Gasteiger partial charge is 0.255 e. The van der Waals surface area contributed by atoms with Crippen LogP contribution in [0.15, 0.2) is 4.79 Å². The molecule has 0 saturated heterocycles. The summed E-state index contributed by atoms with van der Waals surface area (Å²) in [5.41, 5.74) is 2.87. The number of carbonyl (C=O) groups excluding carboxylic acids is 1. The van der Waals surface area contributed by atoms with Crippen molar-refractivity contribution in [2.45, 2.75) is 66.2 Å². The van der Waals surface area contributed by atoms with Crippen LogP contribution in [0.25, 0.3) is 5.95 Å². The van der Waals surface area contributed by atoms with Crippen LogP contribution >= 0.6 is 0 Å². The maximum Gasteiger partial charge on any atom is 0.255 e. The molecular weight excluding hydrogens is 330 g/mol. The highest BCUT2D eigenvalue weighted by atomic mass is 16.2. The number of H-pyrrole nitrogens is 1. The quantitative estimate of drug-likeness (QED) is 0.880. The fraction of sp³-hybridized carbons (Fsp3) is 0.579. The predicted molar refractivity (Wildman–Crippen MR) is 101 cm³/mol. The van der Waals surface area contributed by atoms with Gasteiger partial charge in [-0.25, -0.2) is 4.98 Å². The predicted octanol–water partition coefficient (Wildman–Crippen LogP) is 2.96. The highest BCUT2D eigenvalue weighted by Crippen LogP contribution is 2.27. The van der Waals surface area contributed by atoms with E-state index in [-0.39, 0.29) is 17.4 Å². The van der Waals surface area contributed by atoms with Crippen molar-refractivity contribution in [1.82, 2.24) is 19.7 Å². The maximum atomic E-state index is 12.7. The molecule has 1 aliphatic carbocycles. The molecule has 2 heterocycles. The van der Waals surface area contributed by atoms with Crippen molar-refractivity contribution in [3.8, 4) is 5.95 Å². The van der Waals surface area contributed by atoms with Gasteiger partial charge >= 0.3 is 0 Å². The molecule has 1 aliphatic rings. The molecule has 2 aromatic heterocycles. The Morgan fingerprint density at radius 3 is 2.50 bits per heavy atom. The molecule has 7 nitrogen and oxygen atoms in total. The van der Waals surface area contributed by atoms with Crippen molar-refractivity contribution in [3.05, 3.63) is 32.9 Å². The van der Waals surface area contributed by atoms with E-state index in [1.54, 1.807) is 4.68 Å². The summed E-state index contributed by atoms with van der Waals surface area (Å²) in [5, 5.41) is 7.52. The molecule has 3 rings (SSSR count). The molecular formula is C19H27N5O2. The van der Waals surface area contributed by atoms with Crippen LogP contribution in [-0.4, -0.2) is 25.7 Å². The highest BCUT2D eigenvalue weighted by molar-refractivity contribution is 5.92. The zero-order chi connectivity index (χ0) is 18.8. The van der Waals surface area contributed by atoms with Crippen LogP contribution < -0.4 is 10.9 Å². The minimum atomic E-state index is -0.162. The van der Waals surface area contributed by atoms with E-state index in [9.17, 15) is 9.59 Å². The van der Waals surface area contributed by atoms with Crippen LogP contribution in [-0.2, 0) is 11.2 Å². The molecule has 0 atom stereocenters. The van der Waals surface area contributed by atoms with Crippen molar-refractivity contribution >= 4 is 11.7 Å². The van der Waals surface area contributed by atoms with Gasteiger partial charge in [0.2, 0.25) is 11.9 Å². The summed E-state index contributed by atoms with van der Waals surface area (Å²) in [4.78, 5) is 32.3. The Morgan fingerprint density at radius 2 is 1.88 bits per heavy atom. The molecule has 26 heavy (non-hydrogen) atoms. The number of nitrogens with one attached hydrogen (secondary N) is 2. The number of anilines is 1. The maximum absolute atomic E-state index is 12.7. The van der Waals surface area contributed by atoms with E-state index in [0.29, 0.717) is 29.4 Å². The van der Waals surface area contributed by atoms with Crippen LogP contribution in [0.4, 0.5) is 5.82 Å². The van der Waals surface area contributed by atoms with Crippen molar-refractivity contribution in [3.63, 3.8) is 0 Å². The van der Waals surface area contributed by atoms with Gasteiger partial charge in [-0.1, -0.05) is 26.2 Å². The van der Waals surface area contributed by atoms with E-state index in [2.05, 4.69) is 20.4 Å². The average molecular weight is 357 g/mol. The first-order valence-electron chi connectivity index (χ1n) is 9.39. The SMILES string of the molecule is CCc1c(C)nc(-n2nc(C)c(C)c2NC(=O)C2CCCCC2)[nH]c1=O. The van der Waals surface area contributed by atoms with Gasteiger partial charge < -0.3 is 5.32 Å². The normalized spacial score (nSPS) is 15.2. The molecule has 0 aliphatic heterocycles. The van der Waals surface area contributed by atoms with Gasteiger partial charge in [-0.2, -0.15) is 9.78 Å². The molecule has 2 N–H and O–H groups in total. The summed E-state index contributed by atoms with van der Waals surface area (Å²) in [5.74, 6) is 0.992. The van der Waals surface area contributed by atoms with Gasteiger partial charge in [-0.15, -0.1) is 0 Å². The zero-order valence-electron chi connectivity index (χ0n) is 16.0. The van der Waals surface area contributed by atoms with E-state index < -0.39 is 0 Å². The lowest BCUT2D eigenvalue weighted by Gasteiger charge is -2.21. The fourth-order valence-electron chi connectivity index (χ4n) is 3.60. The van der Waals surface area contributed by atoms with Gasteiger partial charge in [0, 0.05) is 22.7 Å². The Labute approximate surface area is 153 Å². The number of amides is 1. The van der Waals surface area contributed by atoms with Crippen LogP contribution in [0.2, 0.25) is 0 Å². The zero-order valence-corrected chi connectivity index (χ0v) is 16.0. The molecule has 2 aromatic rings. The number of rotatable bonds is 4. The summed E-state index contributed by atoms with van der Waals surface area (Å²) in [6.45, 7) is 7.55. The molecule has 1 amide bonds. The number of carbonyl (C=O) groups is 1. The monoisotopic (exact) mass is 357 g/mol. The molecule has 0 unspecified atom stereocenters. The first kappa shape index (κ1) is 18.4. The summed E-state index contributed by atoms with van der Waals surface area (Å²) < 4.78 is 1.54. The summed E-state index contributed by atoms with van der Waals surface area (Å²) in [6, 6.07) is 0. The number of nitrogens with zero attached hydrogens (tertiary/aromatic N) is 3. The van der Waals surface area contributed by atoms with Crippen molar-refractivity contribution in [2.75, 3.05) is 5.32 Å². The molecule has 1 saturated carbocycles. The van der Waals surface area contributed by atoms with Crippen molar-refractivity contribution < 1.29 is 4.79 Å². The Kier molecular flexibility index (Phi) is 5.25. The standard InChI is InChI=1S/C19H27N5O2/c1-5-15-13(4)20-19(22-18(15)26)24-16(11(2)12(3)23-24)21-17(25)14-9-7-6-8-10-14/h14H,5-10H2,1-4H3,(H,21,25)(H,20,22,26). The van der Waals surface area contributed by atoms with Crippen LogP contribution in [0, 0.1) is 26.7 Å². The molecule has 0 bridgehead atoms. The average Bonchev–Trinajstić information content (AvgIpc) is 2.90. The van der Waals surface area contributed by atoms with E-state index in [1.165, 1.54) is 6.42 Å². The second-order valence-electron chi connectivity index (χ2n) is 7.10. The lowest BCUT2D eigenvalue weighted by Crippen LogP contribution is -2.27. The highest BCUT2D eigenvalue weighted by Gasteiger charge is 2.24. The molecule has 0 radical (unpaired) electrons. The summed E-state index contributed by atoms with van der Waals surface area (Å²) >= 11 is 0. The Morgan fingerprint density at radius 1 is 1.19 bits per heavy atom. The second-order valence-corrected chi connectivity index (χ2v) is 7.10. The van der Waals surface area contributed by atoms with Crippen molar-refractivity contribution in [2.24, 2.45) is 5.92 Å². The first-order chi connectivity index (χ1) is 12.4. The van der Waals surface area contributed by atoms with Gasteiger partial charge in [-0.05, 0) is 40.0 Å². The Balaban J connectivity index is 1.98. The molecule has 140 valence electrons. The van der Waals surface area contributed by atoms with Gasteiger partial charge in [0.05, 0.1) is 5.69 Å². The lowest BCUT2D eigenvalue weighted by molar-refractivity contribution is -0.120. The number of hydrogen-bond acceptors (Lipinski definition) is 4. The largest absolute Gasteiger partial charge is 0.310 e. The van der Waals surface area contributed by atoms with Gasteiger partial charge in [0.15, 0.2) is 0 Å². The van der Waals surface area contributed by atoms with Gasteiger partial charge in [-0.3, -0.25) is 14.6 Å².